The summed E-state index contributed by atoms with van der Waals surface area (Å²) in [6.45, 7) is 10.0. The monoisotopic (exact) mass is 54.0 g/mol. The van der Waals surface area contributed by atoms with E-state index in [0.29, 0.717) is 5.57 Å². The van der Waals surface area contributed by atoms with E-state index in [1.165, 1.54) is 0 Å². The van der Waals surface area contributed by atoms with Gasteiger partial charge in [0.05, 0.1) is 0 Å². The molecular formula is C4H6. The third-order valence-electron chi connectivity index (χ3n) is 0. The van der Waals surface area contributed by atoms with Crippen LogP contribution in [0.1, 0.15) is 13.8 Å². The maximum atomic E-state index is 6.50. The number of hydrogen-bond donors (Lipinski definition) is 0. The van der Waals surface area contributed by atoms with Gasteiger partial charge in [0.1, 0.15) is 0 Å². The Bertz CT molecular complexity index is 23.0. The number of hydrogen-bond acceptors (Lipinski definition) is 0. The molecule has 0 aliphatic heterocycles. The Balaban J connectivity index is 2.80. The van der Waals surface area contributed by atoms with Crippen LogP contribution in [0.4, 0.5) is 0 Å². The van der Waals surface area contributed by atoms with Crippen LogP contribution >= 0.6 is 0 Å². The maximum absolute atomic E-state index is 6.50. The van der Waals surface area contributed by atoms with Crippen LogP contribution in [0.5, 0.6) is 0 Å². The van der Waals surface area contributed by atoms with Crippen LogP contribution in [0.15, 0.2) is 5.57 Å². The first-order valence-corrected chi connectivity index (χ1v) is 1.25. The lowest BCUT2D eigenvalue weighted by molar-refractivity contribution is 1.41. The number of rotatable bonds is 0. The average Bonchev–Trinajstić information content (AvgIpc) is 0.811. The highest BCUT2D eigenvalue weighted by Gasteiger charge is 1.53. The maximum Gasteiger partial charge on any atom is -0.0114 e. The Labute approximate surface area is 27.1 Å². The van der Waals surface area contributed by atoms with E-state index in [1.807, 2.05) is 0 Å². The Kier molecular flexibility index (Phi) is 1.03. The predicted molar refractivity (Wildman–Crippen MR) is 18.1 cm³/mol. The zero-order valence-electron chi connectivity index (χ0n) is 3.00. The van der Waals surface area contributed by atoms with Gasteiger partial charge in [-0.2, -0.15) is 0 Å². The molecule has 0 aromatic carbocycles. The molecule has 0 nitrogen and oxygen atoms in total. The summed E-state index contributed by atoms with van der Waals surface area (Å²) in [5.74, 6) is 0. The molecule has 0 aromatic heterocycles. The predicted octanol–water partition coefficient (Wildman–Crippen LogP) is 1.26. The van der Waals surface area contributed by atoms with Crippen molar-refractivity contribution < 1.29 is 0 Å². The summed E-state index contributed by atoms with van der Waals surface area (Å²) < 4.78 is 0. The fraction of sp³-hybridized carbons (Fsp3) is 0.500. The van der Waals surface area contributed by atoms with E-state index in [-0.39, 0.29) is 0 Å². The molecule has 0 bridgehead atoms. The van der Waals surface area contributed by atoms with E-state index in [4.69, 9.17) is 6.58 Å². The molecular weight excluding hydrogens is 48.0 g/mol. The second-order valence-corrected chi connectivity index (χ2v) is 1.00. The van der Waals surface area contributed by atoms with Crippen LogP contribution < -0.4 is 0 Å². The fourth-order valence-corrected chi connectivity index (χ4v) is 0. The van der Waals surface area contributed by atoms with Crippen LogP contribution in [0.3, 0.4) is 0 Å². The van der Waals surface area contributed by atoms with Crippen molar-refractivity contribution in [3.63, 3.8) is 0 Å². The molecule has 0 atom stereocenters. The van der Waals surface area contributed by atoms with Crippen molar-refractivity contribution >= 4 is 0 Å². The second-order valence-electron chi connectivity index (χ2n) is 1.00. The molecule has 0 aliphatic rings. The third kappa shape index (κ3) is 14.1. The zero-order valence-corrected chi connectivity index (χ0v) is 3.00. The molecule has 0 amide bonds. The molecule has 0 saturated carbocycles. The molecule has 0 saturated heterocycles. The molecule has 0 aromatic rings. The van der Waals surface area contributed by atoms with Crippen LogP contribution in [-0.2, 0) is 0 Å². The molecule has 0 fully saturated rings. The van der Waals surface area contributed by atoms with Crippen molar-refractivity contribution in [1.29, 1.82) is 0 Å². The van der Waals surface area contributed by atoms with E-state index in [0.717, 1.165) is 0 Å². The number of allylic oxidation sites excluding steroid dienone is 1. The summed E-state index contributed by atoms with van der Waals surface area (Å²) >= 11 is 0. The van der Waals surface area contributed by atoms with Crippen molar-refractivity contribution in [2.24, 2.45) is 0 Å². The Morgan fingerprint density at radius 1 is 1.50 bits per heavy atom. The lowest BCUT2D eigenvalue weighted by atomic mass is 10.4. The molecule has 0 rings (SSSR count). The molecule has 2 radical (unpaired) electrons. The molecule has 22 valence electrons. The second kappa shape index (κ2) is 1.10. The van der Waals surface area contributed by atoms with Gasteiger partial charge < -0.3 is 0 Å². The summed E-state index contributed by atoms with van der Waals surface area (Å²) in [5, 5.41) is 0. The smallest absolute Gasteiger partial charge is 0.0114 e. The van der Waals surface area contributed by atoms with Gasteiger partial charge in [-0.25, -0.2) is 0 Å². The highest BCUT2D eigenvalue weighted by Crippen LogP contribution is 1.73. The molecule has 0 heteroatoms. The van der Waals surface area contributed by atoms with Crippen LogP contribution in [0, 0.1) is 6.58 Å². The first-order chi connectivity index (χ1) is 1.73. The van der Waals surface area contributed by atoms with Crippen molar-refractivity contribution in [3.05, 3.63) is 12.2 Å². The van der Waals surface area contributed by atoms with Crippen LogP contribution in [0.2, 0.25) is 0 Å². The highest BCUT2D eigenvalue weighted by molar-refractivity contribution is 4.74. The van der Waals surface area contributed by atoms with E-state index < -0.39 is 0 Å². The van der Waals surface area contributed by atoms with E-state index >= 15 is 0 Å². The highest BCUT2D eigenvalue weighted by atomic mass is 13.6. The van der Waals surface area contributed by atoms with E-state index in [1.54, 1.807) is 13.8 Å². The zero-order chi connectivity index (χ0) is 3.58. The summed E-state index contributed by atoms with van der Waals surface area (Å²) in [7, 11) is 0. The molecule has 0 spiro atoms. The third-order valence-corrected chi connectivity index (χ3v) is 0. The van der Waals surface area contributed by atoms with E-state index in [2.05, 4.69) is 0 Å². The average molecular weight is 54.1 g/mol. The SMILES string of the molecule is [C]=C(C)C. The van der Waals surface area contributed by atoms with Crippen molar-refractivity contribution in [2.45, 2.75) is 13.8 Å². The minimum atomic E-state index is 0.667. The first kappa shape index (κ1) is 3.74. The van der Waals surface area contributed by atoms with Gasteiger partial charge in [-0.05, 0) is 20.4 Å². The minimum Gasteiger partial charge on any atom is -0.0679 e. The summed E-state index contributed by atoms with van der Waals surface area (Å²) in [6, 6.07) is 0. The van der Waals surface area contributed by atoms with Gasteiger partial charge in [0, 0.05) is 0 Å². The summed E-state index contributed by atoms with van der Waals surface area (Å²) in [5.41, 5.74) is 0.667. The largest absolute Gasteiger partial charge is 0.0679 e. The minimum absolute atomic E-state index is 0.667. The van der Waals surface area contributed by atoms with Crippen LogP contribution in [-0.4, -0.2) is 0 Å². The molecule has 0 N–H and O–H groups in total. The lowest BCUT2D eigenvalue weighted by Gasteiger charge is -1.63. The van der Waals surface area contributed by atoms with Gasteiger partial charge >= 0.3 is 0 Å². The van der Waals surface area contributed by atoms with Crippen molar-refractivity contribution in [1.82, 2.24) is 0 Å². The molecule has 0 heterocycles. The fourth-order valence-electron chi connectivity index (χ4n) is 0. The first-order valence-electron chi connectivity index (χ1n) is 1.25. The van der Waals surface area contributed by atoms with Crippen molar-refractivity contribution in [2.75, 3.05) is 0 Å². The lowest BCUT2D eigenvalue weighted by Crippen LogP contribution is -1.44. The molecule has 4 heavy (non-hydrogen) atoms. The van der Waals surface area contributed by atoms with Gasteiger partial charge in [-0.15, -0.1) is 0 Å². The quantitative estimate of drug-likeness (QED) is 0.390. The summed E-state index contributed by atoms with van der Waals surface area (Å²) in [4.78, 5) is 0. The Morgan fingerprint density at radius 3 is 1.50 bits per heavy atom. The normalized spacial score (nSPS) is 6.50. The standard InChI is InChI=1S/C4H6/c1-4(2)3/h1-2H3. The van der Waals surface area contributed by atoms with Crippen LogP contribution in [0.25, 0.3) is 0 Å². The van der Waals surface area contributed by atoms with Gasteiger partial charge in [0.2, 0.25) is 0 Å². The van der Waals surface area contributed by atoms with Crippen molar-refractivity contribution in [3.8, 4) is 0 Å². The van der Waals surface area contributed by atoms with Gasteiger partial charge in [0.25, 0.3) is 0 Å². The van der Waals surface area contributed by atoms with E-state index in [9.17, 15) is 0 Å². The Morgan fingerprint density at radius 2 is 1.50 bits per heavy atom. The molecule has 0 unspecified atom stereocenters. The molecule has 0 aliphatic carbocycles. The topological polar surface area (TPSA) is 0 Å². The Hall–Kier alpha value is -0.260. The van der Waals surface area contributed by atoms with Gasteiger partial charge in [-0.3, -0.25) is 0 Å². The van der Waals surface area contributed by atoms with Gasteiger partial charge in [0.15, 0.2) is 0 Å². The van der Waals surface area contributed by atoms with Gasteiger partial charge in [-0.1, -0.05) is 5.57 Å². The summed E-state index contributed by atoms with van der Waals surface area (Å²) in [6.07, 6.45) is 0.